The van der Waals surface area contributed by atoms with Gasteiger partial charge in [0, 0.05) is 5.56 Å². The Morgan fingerprint density at radius 1 is 1.47 bits per heavy atom. The minimum absolute atomic E-state index is 0.221. The van der Waals surface area contributed by atoms with Crippen LogP contribution in [-0.4, -0.2) is 21.3 Å². The highest BCUT2D eigenvalue weighted by molar-refractivity contribution is 5.70. The van der Waals surface area contributed by atoms with Gasteiger partial charge in [-0.3, -0.25) is 4.79 Å². The van der Waals surface area contributed by atoms with Crippen LogP contribution < -0.4 is 0 Å². The van der Waals surface area contributed by atoms with Crippen LogP contribution in [0.2, 0.25) is 0 Å². The van der Waals surface area contributed by atoms with E-state index in [0.717, 1.165) is 0 Å². The lowest BCUT2D eigenvalue weighted by Crippen LogP contribution is -1.99. The fraction of sp³-hybridized carbons (Fsp3) is 0.100. The van der Waals surface area contributed by atoms with Gasteiger partial charge in [0.15, 0.2) is 6.29 Å². The van der Waals surface area contributed by atoms with E-state index in [1.807, 2.05) is 0 Å². The third-order valence-corrected chi connectivity index (χ3v) is 2.12. The molecular weight excluding hydrogens is 197 g/mol. The van der Waals surface area contributed by atoms with Gasteiger partial charge in [0.2, 0.25) is 0 Å². The Labute approximate surface area is 85.3 Å². The molecule has 4 nitrogen and oxygen atoms in total. The first-order chi connectivity index (χ1) is 7.22. The second-order valence-corrected chi connectivity index (χ2v) is 3.09. The Morgan fingerprint density at radius 2 is 2.27 bits per heavy atom. The van der Waals surface area contributed by atoms with Crippen LogP contribution in [0, 0.1) is 12.7 Å². The van der Waals surface area contributed by atoms with Crippen molar-refractivity contribution in [1.29, 1.82) is 0 Å². The third kappa shape index (κ3) is 1.63. The SMILES string of the molecule is Cc1c(F)cccc1-n1cc(C=O)nn1. The summed E-state index contributed by atoms with van der Waals surface area (Å²) in [6.45, 7) is 1.65. The van der Waals surface area contributed by atoms with E-state index in [0.29, 0.717) is 17.5 Å². The molecule has 0 spiro atoms. The van der Waals surface area contributed by atoms with Crippen LogP contribution in [0.25, 0.3) is 5.69 Å². The van der Waals surface area contributed by atoms with Gasteiger partial charge in [0.05, 0.1) is 11.9 Å². The van der Waals surface area contributed by atoms with Gasteiger partial charge in [0.1, 0.15) is 11.5 Å². The monoisotopic (exact) mass is 205 g/mol. The molecule has 1 aromatic carbocycles. The first-order valence-corrected chi connectivity index (χ1v) is 4.35. The molecule has 0 aliphatic carbocycles. The smallest absolute Gasteiger partial charge is 0.171 e. The van der Waals surface area contributed by atoms with Gasteiger partial charge in [-0.15, -0.1) is 5.10 Å². The molecule has 0 aliphatic rings. The summed E-state index contributed by atoms with van der Waals surface area (Å²) in [6.07, 6.45) is 2.05. The van der Waals surface area contributed by atoms with E-state index >= 15 is 0 Å². The number of carbonyl (C=O) groups excluding carboxylic acids is 1. The average Bonchev–Trinajstić information content (AvgIpc) is 2.70. The Morgan fingerprint density at radius 3 is 2.93 bits per heavy atom. The summed E-state index contributed by atoms with van der Waals surface area (Å²) in [4.78, 5) is 10.4. The third-order valence-electron chi connectivity index (χ3n) is 2.12. The summed E-state index contributed by atoms with van der Waals surface area (Å²) < 4.78 is 14.6. The Balaban J connectivity index is 2.53. The maximum absolute atomic E-state index is 13.2. The van der Waals surface area contributed by atoms with Crippen molar-refractivity contribution in [3.05, 3.63) is 41.5 Å². The minimum Gasteiger partial charge on any atom is -0.296 e. The Bertz CT molecular complexity index is 507. The number of nitrogens with zero attached hydrogens (tertiary/aromatic N) is 3. The summed E-state index contributed by atoms with van der Waals surface area (Å²) in [6, 6.07) is 4.66. The van der Waals surface area contributed by atoms with Crippen molar-refractivity contribution in [2.45, 2.75) is 6.92 Å². The second kappa shape index (κ2) is 3.61. The summed E-state index contributed by atoms with van der Waals surface area (Å²) in [5.74, 6) is -0.310. The fourth-order valence-corrected chi connectivity index (χ4v) is 1.29. The minimum atomic E-state index is -0.310. The number of hydrogen-bond donors (Lipinski definition) is 0. The van der Waals surface area contributed by atoms with E-state index in [1.165, 1.54) is 16.9 Å². The molecule has 15 heavy (non-hydrogen) atoms. The van der Waals surface area contributed by atoms with Gasteiger partial charge < -0.3 is 0 Å². The Hall–Kier alpha value is -2.04. The molecule has 1 aromatic heterocycles. The van der Waals surface area contributed by atoms with Crippen LogP contribution in [0.15, 0.2) is 24.4 Å². The molecular formula is C10H8FN3O. The van der Waals surface area contributed by atoms with Crippen LogP contribution in [-0.2, 0) is 0 Å². The number of aldehydes is 1. The quantitative estimate of drug-likeness (QED) is 0.698. The molecule has 0 fully saturated rings. The van der Waals surface area contributed by atoms with E-state index in [2.05, 4.69) is 10.3 Å². The van der Waals surface area contributed by atoms with Gasteiger partial charge in [-0.05, 0) is 19.1 Å². The molecule has 76 valence electrons. The van der Waals surface area contributed by atoms with Crippen molar-refractivity contribution < 1.29 is 9.18 Å². The maximum Gasteiger partial charge on any atom is 0.171 e. The van der Waals surface area contributed by atoms with Crippen LogP contribution in [0.3, 0.4) is 0 Å². The topological polar surface area (TPSA) is 47.8 Å². The summed E-state index contributed by atoms with van der Waals surface area (Å²) in [7, 11) is 0. The number of rotatable bonds is 2. The highest BCUT2D eigenvalue weighted by Crippen LogP contribution is 2.15. The zero-order valence-corrected chi connectivity index (χ0v) is 8.01. The first-order valence-electron chi connectivity index (χ1n) is 4.35. The molecule has 0 atom stereocenters. The van der Waals surface area contributed by atoms with E-state index in [4.69, 9.17) is 0 Å². The van der Waals surface area contributed by atoms with Crippen molar-refractivity contribution in [3.8, 4) is 5.69 Å². The molecule has 0 unspecified atom stereocenters. The van der Waals surface area contributed by atoms with Crippen LogP contribution in [0.1, 0.15) is 16.1 Å². The predicted molar refractivity (Wildman–Crippen MR) is 51.4 cm³/mol. The molecule has 1 heterocycles. The zero-order valence-electron chi connectivity index (χ0n) is 8.01. The molecule has 0 N–H and O–H groups in total. The molecule has 0 amide bonds. The van der Waals surface area contributed by atoms with Crippen molar-refractivity contribution in [1.82, 2.24) is 15.0 Å². The maximum atomic E-state index is 13.2. The lowest BCUT2D eigenvalue weighted by Gasteiger charge is -2.04. The van der Waals surface area contributed by atoms with Gasteiger partial charge in [-0.1, -0.05) is 11.3 Å². The average molecular weight is 205 g/mol. The number of aromatic nitrogens is 3. The van der Waals surface area contributed by atoms with Crippen LogP contribution in [0.4, 0.5) is 4.39 Å². The lowest BCUT2D eigenvalue weighted by atomic mass is 10.2. The molecule has 2 rings (SSSR count). The number of hydrogen-bond acceptors (Lipinski definition) is 3. The normalized spacial score (nSPS) is 10.3. The van der Waals surface area contributed by atoms with Crippen molar-refractivity contribution in [3.63, 3.8) is 0 Å². The van der Waals surface area contributed by atoms with E-state index in [9.17, 15) is 9.18 Å². The van der Waals surface area contributed by atoms with Crippen molar-refractivity contribution >= 4 is 6.29 Å². The highest BCUT2D eigenvalue weighted by atomic mass is 19.1. The molecule has 0 saturated heterocycles. The summed E-state index contributed by atoms with van der Waals surface area (Å²) >= 11 is 0. The van der Waals surface area contributed by atoms with E-state index < -0.39 is 0 Å². The van der Waals surface area contributed by atoms with Crippen LogP contribution in [0.5, 0.6) is 0 Å². The zero-order chi connectivity index (χ0) is 10.8. The fourth-order valence-electron chi connectivity index (χ4n) is 1.29. The summed E-state index contributed by atoms with van der Waals surface area (Å²) in [5, 5.41) is 7.33. The second-order valence-electron chi connectivity index (χ2n) is 3.09. The largest absolute Gasteiger partial charge is 0.296 e. The molecule has 0 radical (unpaired) electrons. The lowest BCUT2D eigenvalue weighted by molar-refractivity contribution is 0.111. The van der Waals surface area contributed by atoms with Gasteiger partial charge in [0.25, 0.3) is 0 Å². The predicted octanol–water partition coefficient (Wildman–Crippen LogP) is 1.53. The number of halogens is 1. The molecule has 2 aromatic rings. The first kappa shape index (κ1) is 9.51. The highest BCUT2D eigenvalue weighted by Gasteiger charge is 2.07. The standard InChI is InChI=1S/C10H8FN3O/c1-7-9(11)3-2-4-10(7)14-5-8(6-15)12-13-14/h2-6H,1H3. The number of benzene rings is 1. The van der Waals surface area contributed by atoms with Gasteiger partial charge >= 0.3 is 0 Å². The van der Waals surface area contributed by atoms with Gasteiger partial charge in [-0.2, -0.15) is 0 Å². The number of carbonyl (C=O) groups is 1. The molecule has 0 saturated carbocycles. The molecule has 0 aliphatic heterocycles. The van der Waals surface area contributed by atoms with Gasteiger partial charge in [-0.25, -0.2) is 9.07 Å². The Kier molecular flexibility index (Phi) is 2.29. The molecule has 5 heteroatoms. The van der Waals surface area contributed by atoms with Crippen LogP contribution >= 0.6 is 0 Å². The van der Waals surface area contributed by atoms with Crippen molar-refractivity contribution in [2.24, 2.45) is 0 Å². The van der Waals surface area contributed by atoms with Crippen molar-refractivity contribution in [2.75, 3.05) is 0 Å². The summed E-state index contributed by atoms with van der Waals surface area (Å²) in [5.41, 5.74) is 1.27. The molecule has 0 bridgehead atoms. The van der Waals surface area contributed by atoms with E-state index in [1.54, 1.807) is 19.1 Å². The van der Waals surface area contributed by atoms with E-state index in [-0.39, 0.29) is 11.5 Å².